The number of amides is 2. The molecule has 2 amide bonds. The van der Waals surface area contributed by atoms with E-state index >= 15 is 0 Å². The minimum absolute atomic E-state index is 0.00858. The summed E-state index contributed by atoms with van der Waals surface area (Å²) < 4.78 is 6.01. The number of hydrogen-bond donors (Lipinski definition) is 4. The molecule has 9 heteroatoms. The van der Waals surface area contributed by atoms with Gasteiger partial charge in [-0.05, 0) is 36.0 Å². The normalized spacial score (nSPS) is 19.7. The maximum atomic E-state index is 13.2. The standard InChI is InChI=1S/C32H36N4O5/c1-4-33-31(40)29-28(23-12-10-21(11-13-23)18-36-15-14-34-27(39)19-36)30(41-35-29)32(20(2)3)17-24(25(37)16-26(32)38)22-8-6-5-7-9-22/h5-13,16,20,37-38H,4,14-15,17-19H2,1-3H3,(H,33,40)(H,34,39). The van der Waals surface area contributed by atoms with Crippen LogP contribution in [0.4, 0.5) is 0 Å². The Morgan fingerprint density at radius 2 is 1.85 bits per heavy atom. The van der Waals surface area contributed by atoms with Gasteiger partial charge in [-0.3, -0.25) is 14.5 Å². The molecule has 1 aliphatic heterocycles. The summed E-state index contributed by atoms with van der Waals surface area (Å²) in [5, 5.41) is 32.3. The minimum Gasteiger partial charge on any atom is -0.511 e. The number of aliphatic hydroxyl groups excluding tert-OH is 2. The van der Waals surface area contributed by atoms with E-state index in [1.165, 1.54) is 6.08 Å². The topological polar surface area (TPSA) is 128 Å². The average molecular weight is 557 g/mol. The third-order valence-corrected chi connectivity index (χ3v) is 8.02. The van der Waals surface area contributed by atoms with E-state index < -0.39 is 5.41 Å². The number of carbonyl (C=O) groups excluding carboxylic acids is 2. The van der Waals surface area contributed by atoms with Crippen LogP contribution < -0.4 is 10.6 Å². The molecule has 1 aliphatic carbocycles. The first kappa shape index (κ1) is 28.2. The number of allylic oxidation sites excluding steroid dienone is 3. The molecule has 4 N–H and O–H groups in total. The van der Waals surface area contributed by atoms with Crippen LogP contribution in [0.15, 0.2) is 76.7 Å². The number of piperazine rings is 1. The Morgan fingerprint density at radius 1 is 1.12 bits per heavy atom. The lowest BCUT2D eigenvalue weighted by molar-refractivity contribution is -0.124. The molecule has 0 spiro atoms. The van der Waals surface area contributed by atoms with Crippen LogP contribution in [-0.4, -0.2) is 58.3 Å². The van der Waals surface area contributed by atoms with Crippen LogP contribution in [0.3, 0.4) is 0 Å². The molecule has 2 aliphatic rings. The second-order valence-electron chi connectivity index (χ2n) is 10.9. The zero-order valence-corrected chi connectivity index (χ0v) is 23.6. The molecule has 214 valence electrons. The lowest BCUT2D eigenvalue weighted by Crippen LogP contribution is -2.47. The van der Waals surface area contributed by atoms with Crippen molar-refractivity contribution in [3.8, 4) is 11.1 Å². The molecule has 2 heterocycles. The van der Waals surface area contributed by atoms with E-state index in [4.69, 9.17) is 4.52 Å². The van der Waals surface area contributed by atoms with E-state index in [0.29, 0.717) is 43.1 Å². The lowest BCUT2D eigenvalue weighted by Gasteiger charge is -2.38. The predicted molar refractivity (Wildman–Crippen MR) is 156 cm³/mol. The predicted octanol–water partition coefficient (Wildman–Crippen LogP) is 4.73. The van der Waals surface area contributed by atoms with Crippen LogP contribution >= 0.6 is 0 Å². The Balaban J connectivity index is 1.60. The average Bonchev–Trinajstić information content (AvgIpc) is 3.40. The Bertz CT molecular complexity index is 1490. The van der Waals surface area contributed by atoms with E-state index in [2.05, 4.69) is 20.7 Å². The number of benzene rings is 2. The van der Waals surface area contributed by atoms with Crippen LogP contribution in [0.5, 0.6) is 0 Å². The highest BCUT2D eigenvalue weighted by Gasteiger charge is 2.49. The van der Waals surface area contributed by atoms with Gasteiger partial charge in [-0.15, -0.1) is 0 Å². The molecule has 0 bridgehead atoms. The van der Waals surface area contributed by atoms with Crippen molar-refractivity contribution in [1.82, 2.24) is 20.7 Å². The van der Waals surface area contributed by atoms with Crippen molar-refractivity contribution in [2.45, 2.75) is 39.2 Å². The molecule has 1 fully saturated rings. The fourth-order valence-electron chi connectivity index (χ4n) is 5.78. The summed E-state index contributed by atoms with van der Waals surface area (Å²) in [6.45, 7) is 8.58. The molecule has 5 rings (SSSR count). The second-order valence-corrected chi connectivity index (χ2v) is 10.9. The largest absolute Gasteiger partial charge is 0.511 e. The Kier molecular flexibility index (Phi) is 7.99. The molecule has 1 unspecified atom stereocenters. The van der Waals surface area contributed by atoms with Crippen molar-refractivity contribution in [2.24, 2.45) is 5.92 Å². The third-order valence-electron chi connectivity index (χ3n) is 8.02. The number of aromatic nitrogens is 1. The monoisotopic (exact) mass is 556 g/mol. The number of aliphatic hydroxyl groups is 2. The molecule has 0 radical (unpaired) electrons. The number of carbonyl (C=O) groups is 2. The van der Waals surface area contributed by atoms with Gasteiger partial charge in [0.1, 0.15) is 11.5 Å². The molecule has 3 aromatic rings. The molecular weight excluding hydrogens is 520 g/mol. The van der Waals surface area contributed by atoms with E-state index in [1.807, 2.05) is 75.4 Å². The summed E-state index contributed by atoms with van der Waals surface area (Å²) >= 11 is 0. The molecular formula is C32H36N4O5. The Morgan fingerprint density at radius 3 is 2.51 bits per heavy atom. The first-order valence-corrected chi connectivity index (χ1v) is 14.0. The molecule has 41 heavy (non-hydrogen) atoms. The van der Waals surface area contributed by atoms with Gasteiger partial charge in [0.05, 0.1) is 17.5 Å². The highest BCUT2D eigenvalue weighted by molar-refractivity contribution is 5.99. The maximum Gasteiger partial charge on any atom is 0.274 e. The van der Waals surface area contributed by atoms with Gasteiger partial charge in [0.2, 0.25) is 5.91 Å². The smallest absolute Gasteiger partial charge is 0.274 e. The molecule has 9 nitrogen and oxygen atoms in total. The molecule has 0 saturated carbocycles. The second kappa shape index (κ2) is 11.6. The Hall–Kier alpha value is -4.37. The van der Waals surface area contributed by atoms with Crippen LogP contribution in [0.1, 0.15) is 54.6 Å². The highest BCUT2D eigenvalue weighted by Crippen LogP contribution is 2.52. The van der Waals surface area contributed by atoms with Gasteiger partial charge in [-0.1, -0.05) is 73.6 Å². The maximum absolute atomic E-state index is 13.2. The summed E-state index contributed by atoms with van der Waals surface area (Å²) in [5.41, 5.74) is 2.79. The van der Waals surface area contributed by atoms with Crippen molar-refractivity contribution in [3.05, 3.63) is 94.8 Å². The first-order valence-electron chi connectivity index (χ1n) is 14.0. The van der Waals surface area contributed by atoms with Gasteiger partial charge in [0.25, 0.3) is 5.91 Å². The third kappa shape index (κ3) is 5.37. The van der Waals surface area contributed by atoms with Crippen LogP contribution in [0, 0.1) is 5.92 Å². The van der Waals surface area contributed by atoms with Gasteiger partial charge in [-0.25, -0.2) is 0 Å². The van der Waals surface area contributed by atoms with E-state index in [-0.39, 0.29) is 41.4 Å². The molecule has 1 saturated heterocycles. The highest BCUT2D eigenvalue weighted by atomic mass is 16.5. The summed E-state index contributed by atoms with van der Waals surface area (Å²) in [6, 6.07) is 17.3. The number of hydrogen-bond acceptors (Lipinski definition) is 7. The Labute approximate surface area is 239 Å². The van der Waals surface area contributed by atoms with Crippen molar-refractivity contribution in [3.63, 3.8) is 0 Å². The number of nitrogens with zero attached hydrogens (tertiary/aromatic N) is 2. The SMILES string of the molecule is CCNC(=O)c1noc(C2(C(C)C)CC(c3ccccc3)=C(O)C=C2O)c1-c1ccc(CN2CCNC(=O)C2)cc1. The van der Waals surface area contributed by atoms with Crippen LogP contribution in [0.25, 0.3) is 16.7 Å². The zero-order valence-electron chi connectivity index (χ0n) is 23.6. The molecule has 2 aromatic carbocycles. The van der Waals surface area contributed by atoms with Crippen molar-refractivity contribution < 1.29 is 24.3 Å². The lowest BCUT2D eigenvalue weighted by atomic mass is 9.64. The van der Waals surface area contributed by atoms with Crippen molar-refractivity contribution in [1.29, 1.82) is 0 Å². The van der Waals surface area contributed by atoms with Gasteiger partial charge < -0.3 is 25.4 Å². The fourth-order valence-corrected chi connectivity index (χ4v) is 5.78. The molecule has 1 atom stereocenters. The van der Waals surface area contributed by atoms with Crippen molar-refractivity contribution in [2.75, 3.05) is 26.2 Å². The van der Waals surface area contributed by atoms with Gasteiger partial charge in [0, 0.05) is 37.8 Å². The van der Waals surface area contributed by atoms with Gasteiger partial charge >= 0.3 is 0 Å². The van der Waals surface area contributed by atoms with Crippen LogP contribution in [-0.2, 0) is 16.8 Å². The number of rotatable bonds is 8. The van der Waals surface area contributed by atoms with Crippen LogP contribution in [0.2, 0.25) is 0 Å². The molecule has 1 aromatic heterocycles. The summed E-state index contributed by atoms with van der Waals surface area (Å²) in [7, 11) is 0. The quantitative estimate of drug-likeness (QED) is 0.316. The van der Waals surface area contributed by atoms with E-state index in [1.54, 1.807) is 0 Å². The van der Waals surface area contributed by atoms with Gasteiger partial charge in [-0.2, -0.15) is 0 Å². The first-order chi connectivity index (χ1) is 19.7. The van der Waals surface area contributed by atoms with E-state index in [9.17, 15) is 19.8 Å². The van der Waals surface area contributed by atoms with Gasteiger partial charge in [0.15, 0.2) is 11.5 Å². The number of nitrogens with one attached hydrogen (secondary N) is 2. The summed E-state index contributed by atoms with van der Waals surface area (Å²) in [6.07, 6.45) is 1.62. The fraction of sp³-hybridized carbons (Fsp3) is 0.344. The minimum atomic E-state index is -1.09. The van der Waals surface area contributed by atoms with E-state index in [0.717, 1.165) is 23.2 Å². The van der Waals surface area contributed by atoms with Crippen molar-refractivity contribution >= 4 is 17.4 Å². The zero-order chi connectivity index (χ0) is 29.1. The summed E-state index contributed by atoms with van der Waals surface area (Å²) in [5.74, 6) is -0.244. The summed E-state index contributed by atoms with van der Waals surface area (Å²) in [4.78, 5) is 27.1.